The van der Waals surface area contributed by atoms with Crippen LogP contribution in [0.2, 0.25) is 5.02 Å². The van der Waals surface area contributed by atoms with Gasteiger partial charge >= 0.3 is 0 Å². The number of halogens is 1. The number of hydrogen-bond donors (Lipinski definition) is 2. The van der Waals surface area contributed by atoms with E-state index in [1.807, 2.05) is 42.5 Å². The van der Waals surface area contributed by atoms with E-state index in [0.717, 1.165) is 24.5 Å². The quantitative estimate of drug-likeness (QED) is 0.656. The van der Waals surface area contributed by atoms with Crippen molar-refractivity contribution in [3.8, 4) is 0 Å². The maximum Gasteiger partial charge on any atom is 0.275 e. The van der Waals surface area contributed by atoms with E-state index in [2.05, 4.69) is 25.5 Å². The fourth-order valence-electron chi connectivity index (χ4n) is 3.14. The van der Waals surface area contributed by atoms with Gasteiger partial charge in [0.05, 0.1) is 23.1 Å². The van der Waals surface area contributed by atoms with Gasteiger partial charge in [0.2, 0.25) is 0 Å². The van der Waals surface area contributed by atoms with E-state index in [0.29, 0.717) is 10.8 Å². The molecule has 4 rings (SSSR count). The molecular formula is C21H20ClN5O. The first-order valence-corrected chi connectivity index (χ1v) is 9.57. The molecule has 0 unspecified atom stereocenters. The monoisotopic (exact) mass is 393 g/mol. The van der Waals surface area contributed by atoms with Crippen LogP contribution in [0.5, 0.6) is 0 Å². The van der Waals surface area contributed by atoms with Crippen LogP contribution in [0.4, 0.5) is 22.9 Å². The average molecular weight is 394 g/mol. The number of aromatic nitrogens is 2. The second-order valence-electron chi connectivity index (χ2n) is 6.59. The third-order valence-corrected chi connectivity index (χ3v) is 4.95. The van der Waals surface area contributed by atoms with Crippen LogP contribution in [0.1, 0.15) is 23.3 Å². The Labute approximate surface area is 168 Å². The van der Waals surface area contributed by atoms with Crippen molar-refractivity contribution in [3.05, 3.63) is 71.6 Å². The van der Waals surface area contributed by atoms with E-state index >= 15 is 0 Å². The lowest BCUT2D eigenvalue weighted by Gasteiger charge is -2.17. The van der Waals surface area contributed by atoms with Crippen LogP contribution in [-0.2, 0) is 0 Å². The summed E-state index contributed by atoms with van der Waals surface area (Å²) >= 11 is 6.12. The number of nitrogens with zero attached hydrogens (tertiary/aromatic N) is 3. The summed E-state index contributed by atoms with van der Waals surface area (Å²) in [7, 11) is 0. The molecule has 1 aliphatic rings. The van der Waals surface area contributed by atoms with E-state index in [1.165, 1.54) is 30.9 Å². The van der Waals surface area contributed by atoms with Crippen LogP contribution in [-0.4, -0.2) is 29.0 Å². The van der Waals surface area contributed by atoms with E-state index in [9.17, 15) is 4.79 Å². The van der Waals surface area contributed by atoms with Crippen LogP contribution < -0.4 is 15.5 Å². The molecule has 28 heavy (non-hydrogen) atoms. The van der Waals surface area contributed by atoms with Gasteiger partial charge < -0.3 is 15.5 Å². The van der Waals surface area contributed by atoms with Gasteiger partial charge in [0.1, 0.15) is 11.5 Å². The molecule has 1 aromatic heterocycles. The van der Waals surface area contributed by atoms with Crippen molar-refractivity contribution >= 4 is 40.4 Å². The number of amides is 1. The number of anilines is 4. The summed E-state index contributed by atoms with van der Waals surface area (Å²) in [6, 6.07) is 15.2. The Morgan fingerprint density at radius 3 is 2.39 bits per heavy atom. The maximum atomic E-state index is 12.4. The van der Waals surface area contributed by atoms with Crippen LogP contribution in [0, 0.1) is 0 Å². The lowest BCUT2D eigenvalue weighted by atomic mass is 10.2. The van der Waals surface area contributed by atoms with Gasteiger partial charge in [-0.2, -0.15) is 0 Å². The Hall–Kier alpha value is -3.12. The van der Waals surface area contributed by atoms with Crippen molar-refractivity contribution < 1.29 is 4.79 Å². The third-order valence-electron chi connectivity index (χ3n) is 4.62. The SMILES string of the molecule is O=C(Nc1ccc(N2CCCC2)cc1)c1cnc(Nc2ccccc2Cl)cn1. The number of rotatable bonds is 5. The molecule has 1 fully saturated rings. The van der Waals surface area contributed by atoms with Gasteiger partial charge in [-0.15, -0.1) is 0 Å². The largest absolute Gasteiger partial charge is 0.372 e. The fraction of sp³-hybridized carbons (Fsp3) is 0.190. The summed E-state index contributed by atoms with van der Waals surface area (Å²) in [6.45, 7) is 2.19. The van der Waals surface area contributed by atoms with E-state index in [1.54, 1.807) is 6.07 Å². The van der Waals surface area contributed by atoms with Crippen molar-refractivity contribution in [2.24, 2.45) is 0 Å². The number of hydrogen-bond acceptors (Lipinski definition) is 5. The summed E-state index contributed by atoms with van der Waals surface area (Å²) in [4.78, 5) is 23.2. The minimum absolute atomic E-state index is 0.244. The predicted octanol–water partition coefficient (Wildman–Crippen LogP) is 4.73. The summed E-state index contributed by atoms with van der Waals surface area (Å²) in [5, 5.41) is 6.52. The van der Waals surface area contributed by atoms with Crippen molar-refractivity contribution in [1.82, 2.24) is 9.97 Å². The minimum Gasteiger partial charge on any atom is -0.372 e. The molecule has 3 aromatic rings. The number of carbonyl (C=O) groups is 1. The molecule has 0 saturated carbocycles. The van der Waals surface area contributed by atoms with E-state index in [-0.39, 0.29) is 11.6 Å². The molecule has 1 amide bonds. The summed E-state index contributed by atoms with van der Waals surface area (Å²) < 4.78 is 0. The molecule has 6 nitrogen and oxygen atoms in total. The Bertz CT molecular complexity index is 953. The van der Waals surface area contributed by atoms with Crippen molar-refractivity contribution in [1.29, 1.82) is 0 Å². The fourth-order valence-corrected chi connectivity index (χ4v) is 3.32. The lowest BCUT2D eigenvalue weighted by molar-refractivity contribution is 0.102. The molecule has 1 aliphatic heterocycles. The van der Waals surface area contributed by atoms with Gasteiger partial charge in [0, 0.05) is 24.5 Å². The second-order valence-corrected chi connectivity index (χ2v) is 6.99. The summed E-state index contributed by atoms with van der Waals surface area (Å²) in [6.07, 6.45) is 5.42. The average Bonchev–Trinajstić information content (AvgIpc) is 3.26. The molecule has 0 spiro atoms. The first-order valence-electron chi connectivity index (χ1n) is 9.19. The lowest BCUT2D eigenvalue weighted by Crippen LogP contribution is -2.18. The smallest absolute Gasteiger partial charge is 0.275 e. The zero-order valence-electron chi connectivity index (χ0n) is 15.2. The highest BCUT2D eigenvalue weighted by atomic mass is 35.5. The number of benzene rings is 2. The van der Waals surface area contributed by atoms with Gasteiger partial charge in [0.15, 0.2) is 0 Å². The molecule has 0 radical (unpaired) electrons. The van der Waals surface area contributed by atoms with E-state index in [4.69, 9.17) is 11.6 Å². The minimum atomic E-state index is -0.300. The van der Waals surface area contributed by atoms with Gasteiger partial charge in [-0.25, -0.2) is 9.97 Å². The highest BCUT2D eigenvalue weighted by Gasteiger charge is 2.13. The normalized spacial score (nSPS) is 13.4. The Kier molecular flexibility index (Phi) is 5.39. The second kappa shape index (κ2) is 8.27. The number of para-hydroxylation sites is 1. The first kappa shape index (κ1) is 18.3. The summed E-state index contributed by atoms with van der Waals surface area (Å²) in [5.74, 6) is 0.213. The van der Waals surface area contributed by atoms with Crippen molar-refractivity contribution in [2.75, 3.05) is 28.6 Å². The standard InChI is InChI=1S/C21H20ClN5O/c22-17-5-1-2-6-18(17)26-20-14-23-19(13-24-20)21(28)25-15-7-9-16(10-8-15)27-11-3-4-12-27/h1-2,5-10,13-14H,3-4,11-12H2,(H,24,26)(H,25,28). The van der Waals surface area contributed by atoms with Crippen LogP contribution in [0.3, 0.4) is 0 Å². The van der Waals surface area contributed by atoms with E-state index < -0.39 is 0 Å². The zero-order valence-corrected chi connectivity index (χ0v) is 16.0. The first-order chi connectivity index (χ1) is 13.7. The topological polar surface area (TPSA) is 70.2 Å². The highest BCUT2D eigenvalue weighted by Crippen LogP contribution is 2.24. The van der Waals surface area contributed by atoms with Gasteiger partial charge in [0.25, 0.3) is 5.91 Å². The molecule has 2 aromatic carbocycles. The molecule has 2 N–H and O–H groups in total. The Balaban J connectivity index is 1.38. The Morgan fingerprint density at radius 2 is 1.71 bits per heavy atom. The van der Waals surface area contributed by atoms with Gasteiger partial charge in [-0.1, -0.05) is 23.7 Å². The van der Waals surface area contributed by atoms with Gasteiger partial charge in [-0.05, 0) is 49.2 Å². The number of nitrogens with one attached hydrogen (secondary N) is 2. The van der Waals surface area contributed by atoms with Gasteiger partial charge in [-0.3, -0.25) is 4.79 Å². The van der Waals surface area contributed by atoms with Crippen LogP contribution >= 0.6 is 11.6 Å². The molecule has 0 bridgehead atoms. The third kappa shape index (κ3) is 4.23. The molecule has 2 heterocycles. The molecule has 0 atom stereocenters. The molecular weight excluding hydrogens is 374 g/mol. The molecule has 7 heteroatoms. The zero-order chi connectivity index (χ0) is 19.3. The Morgan fingerprint density at radius 1 is 0.964 bits per heavy atom. The predicted molar refractivity (Wildman–Crippen MR) is 113 cm³/mol. The molecule has 142 valence electrons. The summed E-state index contributed by atoms with van der Waals surface area (Å²) in [5.41, 5.74) is 2.89. The highest BCUT2D eigenvalue weighted by molar-refractivity contribution is 6.33. The number of carbonyl (C=O) groups excluding carboxylic acids is 1. The molecule has 0 aliphatic carbocycles. The van der Waals surface area contributed by atoms with Crippen molar-refractivity contribution in [3.63, 3.8) is 0 Å². The van der Waals surface area contributed by atoms with Crippen molar-refractivity contribution in [2.45, 2.75) is 12.8 Å². The molecule has 1 saturated heterocycles. The van der Waals surface area contributed by atoms with Crippen LogP contribution in [0.25, 0.3) is 0 Å². The van der Waals surface area contributed by atoms with Crippen LogP contribution in [0.15, 0.2) is 60.9 Å². The maximum absolute atomic E-state index is 12.4.